The second-order valence-corrected chi connectivity index (χ2v) is 6.45. The fourth-order valence-corrected chi connectivity index (χ4v) is 3.12. The van der Waals surface area contributed by atoms with Crippen LogP contribution in [0, 0.1) is 0 Å². The van der Waals surface area contributed by atoms with Crippen molar-refractivity contribution >= 4 is 21.8 Å². The molecule has 2 N–H and O–H groups in total. The Bertz CT molecular complexity index is 461. The average molecular weight is 326 g/mol. The molecule has 2 aliphatic rings. The first-order chi connectivity index (χ1) is 9.24. The van der Waals surface area contributed by atoms with Crippen molar-refractivity contribution in [2.24, 2.45) is 0 Å². The van der Waals surface area contributed by atoms with Crippen LogP contribution in [0.25, 0.3) is 0 Å². The molecule has 2 fully saturated rings. The number of piperidine rings is 1. The second kappa shape index (κ2) is 5.67. The lowest BCUT2D eigenvalue weighted by molar-refractivity contribution is 0.0938. The van der Waals surface area contributed by atoms with Crippen LogP contribution in [0.2, 0.25) is 0 Å². The summed E-state index contributed by atoms with van der Waals surface area (Å²) in [6.45, 7) is 1.80. The van der Waals surface area contributed by atoms with Crippen LogP contribution in [0.4, 0.5) is 0 Å². The van der Waals surface area contributed by atoms with Crippen LogP contribution in [-0.2, 0) is 0 Å². The van der Waals surface area contributed by atoms with Gasteiger partial charge in [0, 0.05) is 29.3 Å². The molecule has 0 aromatic carbocycles. The third-order valence-corrected chi connectivity index (χ3v) is 4.34. The molecule has 3 rings (SSSR count). The number of hydrogen-bond acceptors (Lipinski definition) is 2. The fraction of sp³-hybridized carbons (Fsp3) is 0.643. The van der Waals surface area contributed by atoms with Crippen LogP contribution in [0.15, 0.2) is 16.7 Å². The summed E-state index contributed by atoms with van der Waals surface area (Å²) in [6.07, 6.45) is 8.07. The van der Waals surface area contributed by atoms with Crippen molar-refractivity contribution in [3.8, 4) is 0 Å². The van der Waals surface area contributed by atoms with Crippen molar-refractivity contribution in [3.63, 3.8) is 0 Å². The van der Waals surface area contributed by atoms with Gasteiger partial charge in [-0.25, -0.2) is 0 Å². The summed E-state index contributed by atoms with van der Waals surface area (Å²) < 4.78 is 3.09. The number of nitrogens with one attached hydrogen (secondary N) is 2. The summed E-state index contributed by atoms with van der Waals surface area (Å²) in [4.78, 5) is 12.3. The topological polar surface area (TPSA) is 46.1 Å². The summed E-state index contributed by atoms with van der Waals surface area (Å²) in [5.41, 5.74) is 0.783. The van der Waals surface area contributed by atoms with Gasteiger partial charge >= 0.3 is 0 Å². The van der Waals surface area contributed by atoms with Gasteiger partial charge in [0.2, 0.25) is 0 Å². The van der Waals surface area contributed by atoms with Gasteiger partial charge in [0.25, 0.3) is 5.91 Å². The molecule has 1 saturated carbocycles. The van der Waals surface area contributed by atoms with Crippen LogP contribution in [0.5, 0.6) is 0 Å². The predicted molar refractivity (Wildman–Crippen MR) is 78.4 cm³/mol. The van der Waals surface area contributed by atoms with E-state index in [-0.39, 0.29) is 5.91 Å². The van der Waals surface area contributed by atoms with Gasteiger partial charge in [-0.3, -0.25) is 4.79 Å². The minimum absolute atomic E-state index is 0.0463. The predicted octanol–water partition coefficient (Wildman–Crippen LogP) is 2.46. The van der Waals surface area contributed by atoms with Gasteiger partial charge in [-0.2, -0.15) is 0 Å². The zero-order valence-electron chi connectivity index (χ0n) is 11.0. The molecular formula is C14H20BrN3O. The molecule has 1 aromatic heterocycles. The molecule has 19 heavy (non-hydrogen) atoms. The lowest BCUT2D eigenvalue weighted by Gasteiger charge is -2.23. The van der Waals surface area contributed by atoms with E-state index in [9.17, 15) is 4.79 Å². The van der Waals surface area contributed by atoms with Crippen LogP contribution >= 0.6 is 15.9 Å². The number of nitrogens with zero attached hydrogens (tertiary/aromatic N) is 1. The summed E-state index contributed by atoms with van der Waals surface area (Å²) in [5, 5.41) is 6.51. The molecule has 0 spiro atoms. The first-order valence-electron chi connectivity index (χ1n) is 7.13. The van der Waals surface area contributed by atoms with E-state index in [1.807, 2.05) is 12.3 Å². The number of hydrogen-bond donors (Lipinski definition) is 2. The van der Waals surface area contributed by atoms with E-state index in [1.54, 1.807) is 0 Å². The molecule has 1 aliphatic carbocycles. The largest absolute Gasteiger partial charge is 0.349 e. The number of carbonyl (C=O) groups is 1. The lowest BCUT2D eigenvalue weighted by atomic mass is 10.1. The Labute approximate surface area is 122 Å². The number of aromatic nitrogens is 1. The van der Waals surface area contributed by atoms with Gasteiger partial charge < -0.3 is 15.2 Å². The number of rotatable bonds is 4. The second-order valence-electron chi connectivity index (χ2n) is 5.54. The Kier molecular flexibility index (Phi) is 3.93. The standard InChI is InChI=1S/C14H20BrN3O/c15-10-7-13(18(9-10)12-4-5-12)14(19)17-8-11-3-1-2-6-16-11/h7,9,11-12,16H,1-6,8H2,(H,17,19). The first-order valence-corrected chi connectivity index (χ1v) is 7.92. The zero-order chi connectivity index (χ0) is 13.2. The van der Waals surface area contributed by atoms with Crippen molar-refractivity contribution in [1.82, 2.24) is 15.2 Å². The van der Waals surface area contributed by atoms with Gasteiger partial charge in [-0.1, -0.05) is 6.42 Å². The van der Waals surface area contributed by atoms with Crippen LogP contribution in [0.3, 0.4) is 0 Å². The van der Waals surface area contributed by atoms with Crippen molar-refractivity contribution in [2.75, 3.05) is 13.1 Å². The summed E-state index contributed by atoms with van der Waals surface area (Å²) in [5.74, 6) is 0.0463. The fourth-order valence-electron chi connectivity index (χ4n) is 2.69. The molecule has 1 amide bonds. The Morgan fingerprint density at radius 1 is 1.42 bits per heavy atom. The average Bonchev–Trinajstić information content (AvgIpc) is 3.20. The Morgan fingerprint density at radius 3 is 2.95 bits per heavy atom. The maximum atomic E-state index is 12.3. The summed E-state index contributed by atoms with van der Waals surface area (Å²) >= 11 is 3.46. The maximum absolute atomic E-state index is 12.3. The minimum Gasteiger partial charge on any atom is -0.349 e. The van der Waals surface area contributed by atoms with Gasteiger partial charge in [0.05, 0.1) is 0 Å². The highest BCUT2D eigenvalue weighted by atomic mass is 79.9. The van der Waals surface area contributed by atoms with Crippen molar-refractivity contribution in [1.29, 1.82) is 0 Å². The molecule has 1 atom stereocenters. The Balaban J connectivity index is 1.60. The number of halogens is 1. The molecule has 4 nitrogen and oxygen atoms in total. The first kappa shape index (κ1) is 13.2. The molecule has 2 heterocycles. The quantitative estimate of drug-likeness (QED) is 0.893. The molecule has 1 aliphatic heterocycles. The van der Waals surface area contributed by atoms with Crippen molar-refractivity contribution < 1.29 is 4.79 Å². The molecule has 1 unspecified atom stereocenters. The SMILES string of the molecule is O=C(NCC1CCCCN1)c1cc(Br)cn1C1CC1. The number of carbonyl (C=O) groups excluding carboxylic acids is 1. The van der Waals surface area contributed by atoms with Crippen molar-refractivity contribution in [3.05, 3.63) is 22.4 Å². The highest BCUT2D eigenvalue weighted by Gasteiger charge is 2.27. The van der Waals surface area contributed by atoms with Crippen molar-refractivity contribution in [2.45, 2.75) is 44.2 Å². The van der Waals surface area contributed by atoms with Gasteiger partial charge in [0.1, 0.15) is 5.69 Å². The maximum Gasteiger partial charge on any atom is 0.268 e. The summed E-state index contributed by atoms with van der Waals surface area (Å²) in [6, 6.07) is 2.88. The lowest BCUT2D eigenvalue weighted by Crippen LogP contribution is -2.43. The molecule has 1 aromatic rings. The van der Waals surface area contributed by atoms with Crippen LogP contribution in [-0.4, -0.2) is 29.6 Å². The van der Waals surface area contributed by atoms with Gasteiger partial charge in [-0.15, -0.1) is 0 Å². The molecule has 5 heteroatoms. The molecule has 0 radical (unpaired) electrons. The van der Waals surface area contributed by atoms with E-state index in [2.05, 4.69) is 31.1 Å². The minimum atomic E-state index is 0.0463. The smallest absolute Gasteiger partial charge is 0.268 e. The van der Waals surface area contributed by atoms with Crippen LogP contribution in [0.1, 0.15) is 48.6 Å². The molecule has 104 valence electrons. The van der Waals surface area contributed by atoms with Crippen LogP contribution < -0.4 is 10.6 Å². The highest BCUT2D eigenvalue weighted by molar-refractivity contribution is 9.10. The molecule has 1 saturated heterocycles. The number of amides is 1. The zero-order valence-corrected chi connectivity index (χ0v) is 12.6. The Hall–Kier alpha value is -0.810. The monoisotopic (exact) mass is 325 g/mol. The Morgan fingerprint density at radius 2 is 2.26 bits per heavy atom. The van der Waals surface area contributed by atoms with E-state index in [1.165, 1.54) is 25.7 Å². The van der Waals surface area contributed by atoms with E-state index < -0.39 is 0 Å². The molecular weight excluding hydrogens is 306 g/mol. The van der Waals surface area contributed by atoms with E-state index in [0.29, 0.717) is 12.1 Å². The van der Waals surface area contributed by atoms with E-state index in [0.717, 1.165) is 29.7 Å². The van der Waals surface area contributed by atoms with Gasteiger partial charge in [0.15, 0.2) is 0 Å². The third kappa shape index (κ3) is 3.20. The highest BCUT2D eigenvalue weighted by Crippen LogP contribution is 2.37. The molecule has 0 bridgehead atoms. The van der Waals surface area contributed by atoms with E-state index >= 15 is 0 Å². The third-order valence-electron chi connectivity index (χ3n) is 3.91. The summed E-state index contributed by atoms with van der Waals surface area (Å²) in [7, 11) is 0. The normalized spacial score (nSPS) is 23.3. The van der Waals surface area contributed by atoms with E-state index in [4.69, 9.17) is 0 Å². The van der Waals surface area contributed by atoms with Gasteiger partial charge in [-0.05, 0) is 54.2 Å².